The molecule has 0 fully saturated rings. The van der Waals surface area contributed by atoms with Gasteiger partial charge in [-0.25, -0.2) is 0 Å². The number of ether oxygens (including phenoxy) is 1. The van der Waals surface area contributed by atoms with E-state index in [9.17, 15) is 4.79 Å². The van der Waals surface area contributed by atoms with E-state index in [0.717, 1.165) is 11.3 Å². The minimum Gasteiger partial charge on any atom is -0.489 e. The fraction of sp³-hybridized carbons (Fsp3) is 0.357. The molecule has 0 saturated carbocycles. The van der Waals surface area contributed by atoms with E-state index in [1.54, 1.807) is 19.9 Å². The van der Waals surface area contributed by atoms with E-state index >= 15 is 0 Å². The number of hydrogen-bond donors (Lipinski definition) is 2. The first-order valence-electron chi connectivity index (χ1n) is 5.84. The fourth-order valence-corrected chi connectivity index (χ4v) is 1.34. The maximum absolute atomic E-state index is 11.2. The second-order valence-electron chi connectivity index (χ2n) is 4.55. The standard InChI is InChI=1S/C14H20N2O2/c1-4-9-18-12-8-6-5-7-11(12)10-16-14(2,3)13(15)17/h4-8,16H,1,9-10H2,2-3H3,(H2,15,17). The van der Waals surface area contributed by atoms with Gasteiger partial charge in [-0.15, -0.1) is 0 Å². The zero-order valence-corrected chi connectivity index (χ0v) is 10.9. The molecule has 0 aliphatic carbocycles. The molecule has 0 radical (unpaired) electrons. The van der Waals surface area contributed by atoms with Gasteiger partial charge in [0, 0.05) is 12.1 Å². The van der Waals surface area contributed by atoms with Crippen LogP contribution in [0.15, 0.2) is 36.9 Å². The molecule has 0 aromatic heterocycles. The SMILES string of the molecule is C=CCOc1ccccc1CNC(C)(C)C(N)=O. The van der Waals surface area contributed by atoms with E-state index in [0.29, 0.717) is 13.2 Å². The Morgan fingerprint density at radius 3 is 2.78 bits per heavy atom. The van der Waals surface area contributed by atoms with Crippen LogP contribution < -0.4 is 15.8 Å². The number of para-hydroxylation sites is 1. The lowest BCUT2D eigenvalue weighted by Gasteiger charge is -2.23. The van der Waals surface area contributed by atoms with Gasteiger partial charge in [0.1, 0.15) is 12.4 Å². The van der Waals surface area contributed by atoms with Crippen molar-refractivity contribution >= 4 is 5.91 Å². The maximum Gasteiger partial charge on any atom is 0.237 e. The monoisotopic (exact) mass is 248 g/mol. The van der Waals surface area contributed by atoms with Crippen LogP contribution in [0, 0.1) is 0 Å². The van der Waals surface area contributed by atoms with Gasteiger partial charge in [-0.1, -0.05) is 30.9 Å². The van der Waals surface area contributed by atoms with Crippen LogP contribution in [0.3, 0.4) is 0 Å². The average molecular weight is 248 g/mol. The molecule has 0 saturated heterocycles. The summed E-state index contributed by atoms with van der Waals surface area (Å²) in [5, 5.41) is 3.11. The molecule has 1 rings (SSSR count). The van der Waals surface area contributed by atoms with E-state index in [1.165, 1.54) is 0 Å². The Labute approximate surface area is 108 Å². The number of primary amides is 1. The fourth-order valence-electron chi connectivity index (χ4n) is 1.34. The molecule has 0 atom stereocenters. The van der Waals surface area contributed by atoms with Crippen molar-refractivity contribution in [1.82, 2.24) is 5.32 Å². The summed E-state index contributed by atoms with van der Waals surface area (Å²) in [6, 6.07) is 7.66. The molecule has 1 aromatic rings. The Morgan fingerprint density at radius 2 is 2.17 bits per heavy atom. The van der Waals surface area contributed by atoms with Crippen molar-refractivity contribution < 1.29 is 9.53 Å². The summed E-state index contributed by atoms with van der Waals surface area (Å²) in [5.41, 5.74) is 5.54. The first-order chi connectivity index (χ1) is 8.47. The van der Waals surface area contributed by atoms with Gasteiger partial charge in [0.25, 0.3) is 0 Å². The van der Waals surface area contributed by atoms with E-state index in [1.807, 2.05) is 24.3 Å². The highest BCUT2D eigenvalue weighted by molar-refractivity contribution is 5.83. The molecular weight excluding hydrogens is 228 g/mol. The van der Waals surface area contributed by atoms with Crippen LogP contribution in [0.5, 0.6) is 5.75 Å². The molecule has 0 aliphatic rings. The van der Waals surface area contributed by atoms with Gasteiger partial charge >= 0.3 is 0 Å². The Morgan fingerprint density at radius 1 is 1.50 bits per heavy atom. The van der Waals surface area contributed by atoms with E-state index in [-0.39, 0.29) is 5.91 Å². The molecule has 0 aliphatic heterocycles. The molecule has 98 valence electrons. The molecule has 18 heavy (non-hydrogen) atoms. The van der Waals surface area contributed by atoms with Gasteiger partial charge in [-0.2, -0.15) is 0 Å². The summed E-state index contributed by atoms with van der Waals surface area (Å²) in [6.07, 6.45) is 1.69. The highest BCUT2D eigenvalue weighted by Crippen LogP contribution is 2.18. The third-order valence-corrected chi connectivity index (χ3v) is 2.67. The van der Waals surface area contributed by atoms with Crippen molar-refractivity contribution in [3.05, 3.63) is 42.5 Å². The van der Waals surface area contributed by atoms with Crippen LogP contribution >= 0.6 is 0 Å². The minimum atomic E-state index is -0.744. The van der Waals surface area contributed by atoms with Crippen LogP contribution in [0.25, 0.3) is 0 Å². The Bertz CT molecular complexity index is 428. The first-order valence-corrected chi connectivity index (χ1v) is 5.84. The van der Waals surface area contributed by atoms with Crippen LogP contribution in [-0.4, -0.2) is 18.1 Å². The van der Waals surface area contributed by atoms with E-state index in [2.05, 4.69) is 11.9 Å². The Hall–Kier alpha value is -1.81. The average Bonchev–Trinajstić information content (AvgIpc) is 2.34. The normalized spacial score (nSPS) is 11.0. The highest BCUT2D eigenvalue weighted by atomic mass is 16.5. The molecule has 0 heterocycles. The molecule has 1 amide bonds. The predicted molar refractivity (Wildman–Crippen MR) is 72.2 cm³/mol. The third-order valence-electron chi connectivity index (χ3n) is 2.67. The van der Waals surface area contributed by atoms with Crippen molar-refractivity contribution in [2.45, 2.75) is 25.9 Å². The van der Waals surface area contributed by atoms with Crippen LogP contribution in [-0.2, 0) is 11.3 Å². The lowest BCUT2D eigenvalue weighted by Crippen LogP contribution is -2.50. The number of carbonyl (C=O) groups excluding carboxylic acids is 1. The van der Waals surface area contributed by atoms with Crippen LogP contribution in [0.4, 0.5) is 0 Å². The van der Waals surface area contributed by atoms with Crippen LogP contribution in [0.1, 0.15) is 19.4 Å². The van der Waals surface area contributed by atoms with Gasteiger partial charge < -0.3 is 10.5 Å². The van der Waals surface area contributed by atoms with E-state index < -0.39 is 5.54 Å². The Balaban J connectivity index is 2.72. The van der Waals surface area contributed by atoms with E-state index in [4.69, 9.17) is 10.5 Å². The zero-order valence-electron chi connectivity index (χ0n) is 10.9. The number of hydrogen-bond acceptors (Lipinski definition) is 3. The molecule has 4 nitrogen and oxygen atoms in total. The van der Waals surface area contributed by atoms with Gasteiger partial charge in [0.2, 0.25) is 5.91 Å². The number of nitrogens with two attached hydrogens (primary N) is 1. The predicted octanol–water partition coefficient (Wildman–Crippen LogP) is 1.60. The van der Waals surface area contributed by atoms with Crippen LogP contribution in [0.2, 0.25) is 0 Å². The second-order valence-corrected chi connectivity index (χ2v) is 4.55. The van der Waals surface area contributed by atoms with Crippen molar-refractivity contribution in [3.8, 4) is 5.75 Å². The number of amides is 1. The van der Waals surface area contributed by atoms with Crippen molar-refractivity contribution in [2.75, 3.05) is 6.61 Å². The quantitative estimate of drug-likeness (QED) is 0.720. The molecule has 0 spiro atoms. The van der Waals surface area contributed by atoms with Gasteiger partial charge in [0.05, 0.1) is 5.54 Å². The summed E-state index contributed by atoms with van der Waals surface area (Å²) in [5.74, 6) is 0.400. The Kier molecular flexibility index (Phi) is 4.92. The largest absolute Gasteiger partial charge is 0.489 e. The van der Waals surface area contributed by atoms with Gasteiger partial charge in [-0.3, -0.25) is 10.1 Å². The molecule has 0 bridgehead atoms. The maximum atomic E-state index is 11.2. The summed E-state index contributed by atoms with van der Waals surface area (Å²) in [7, 11) is 0. The topological polar surface area (TPSA) is 64.3 Å². The summed E-state index contributed by atoms with van der Waals surface area (Å²) < 4.78 is 5.54. The minimum absolute atomic E-state index is 0.382. The van der Waals surface area contributed by atoms with Gasteiger partial charge in [0.15, 0.2) is 0 Å². The molecule has 3 N–H and O–H groups in total. The molecule has 1 aromatic carbocycles. The first kappa shape index (κ1) is 14.3. The zero-order chi connectivity index (χ0) is 13.6. The van der Waals surface area contributed by atoms with Crippen molar-refractivity contribution in [1.29, 1.82) is 0 Å². The van der Waals surface area contributed by atoms with Crippen molar-refractivity contribution in [2.24, 2.45) is 5.73 Å². The number of benzene rings is 1. The van der Waals surface area contributed by atoms with Gasteiger partial charge in [-0.05, 0) is 19.9 Å². The third kappa shape index (κ3) is 3.89. The summed E-state index contributed by atoms with van der Waals surface area (Å²) in [4.78, 5) is 11.2. The smallest absolute Gasteiger partial charge is 0.237 e. The molecular formula is C14H20N2O2. The van der Waals surface area contributed by atoms with Crippen molar-refractivity contribution in [3.63, 3.8) is 0 Å². The highest BCUT2D eigenvalue weighted by Gasteiger charge is 2.24. The summed E-state index contributed by atoms with van der Waals surface area (Å²) in [6.45, 7) is 8.09. The molecule has 4 heteroatoms. The number of rotatable bonds is 7. The lowest BCUT2D eigenvalue weighted by molar-refractivity contribution is -0.123. The summed E-state index contributed by atoms with van der Waals surface area (Å²) >= 11 is 0. The lowest BCUT2D eigenvalue weighted by atomic mass is 10.0. The molecule has 0 unspecified atom stereocenters. The number of carbonyl (C=O) groups is 1. The number of nitrogens with one attached hydrogen (secondary N) is 1. The second kappa shape index (κ2) is 6.21.